The maximum atomic E-state index is 12.8. The Labute approximate surface area is 171 Å². The number of hydrogen-bond acceptors (Lipinski definition) is 4. The standard InChI is InChI=1S/C23H28N4O2/c1-17(26-11-13-27(14-12-26)18-7-3-2-4-8-18)16-24-23(29)20-15-22(28)25-21-10-6-5-9-19(20)21/h2-10,17,20H,11-16H2,1H3,(H,24,29)(H,25,28). The minimum atomic E-state index is -0.415. The normalized spacial score (nSPS) is 20.5. The number of rotatable bonds is 5. The fourth-order valence-electron chi connectivity index (χ4n) is 4.21. The first kappa shape index (κ1) is 19.5. The van der Waals surface area contributed by atoms with Crippen molar-refractivity contribution in [2.24, 2.45) is 0 Å². The van der Waals surface area contributed by atoms with E-state index >= 15 is 0 Å². The van der Waals surface area contributed by atoms with E-state index in [-0.39, 0.29) is 24.3 Å². The highest BCUT2D eigenvalue weighted by Gasteiger charge is 2.31. The number of carbonyl (C=O) groups excluding carboxylic acids is 2. The first-order valence-corrected chi connectivity index (χ1v) is 10.3. The van der Waals surface area contributed by atoms with Crippen molar-refractivity contribution in [2.75, 3.05) is 42.9 Å². The molecule has 0 aromatic heterocycles. The molecule has 2 aliphatic rings. The molecule has 6 nitrogen and oxygen atoms in total. The van der Waals surface area contributed by atoms with E-state index < -0.39 is 5.92 Å². The van der Waals surface area contributed by atoms with Crippen LogP contribution in [0.5, 0.6) is 0 Å². The Morgan fingerprint density at radius 2 is 1.76 bits per heavy atom. The van der Waals surface area contributed by atoms with Crippen LogP contribution in [0.4, 0.5) is 11.4 Å². The summed E-state index contributed by atoms with van der Waals surface area (Å²) < 4.78 is 0. The predicted octanol–water partition coefficient (Wildman–Crippen LogP) is 2.44. The number of hydrogen-bond donors (Lipinski definition) is 2. The Bertz CT molecular complexity index is 862. The van der Waals surface area contributed by atoms with E-state index in [1.165, 1.54) is 5.69 Å². The number of nitrogens with zero attached hydrogens (tertiary/aromatic N) is 2. The van der Waals surface area contributed by atoms with Gasteiger partial charge in [-0.15, -0.1) is 0 Å². The Kier molecular flexibility index (Phi) is 5.81. The number of para-hydroxylation sites is 2. The number of nitrogens with one attached hydrogen (secondary N) is 2. The molecule has 1 fully saturated rings. The van der Waals surface area contributed by atoms with Crippen LogP contribution in [0.15, 0.2) is 54.6 Å². The van der Waals surface area contributed by atoms with Gasteiger partial charge in [-0.3, -0.25) is 14.5 Å². The topological polar surface area (TPSA) is 64.7 Å². The quantitative estimate of drug-likeness (QED) is 0.820. The summed E-state index contributed by atoms with van der Waals surface area (Å²) in [6.07, 6.45) is 0.201. The first-order chi connectivity index (χ1) is 14.1. The molecule has 2 aromatic rings. The zero-order valence-electron chi connectivity index (χ0n) is 16.8. The van der Waals surface area contributed by atoms with Gasteiger partial charge in [-0.25, -0.2) is 0 Å². The van der Waals surface area contributed by atoms with Gasteiger partial charge in [0.15, 0.2) is 0 Å². The van der Waals surface area contributed by atoms with Crippen LogP contribution in [0, 0.1) is 0 Å². The summed E-state index contributed by atoms with van der Waals surface area (Å²) in [7, 11) is 0. The average molecular weight is 393 g/mol. The molecule has 0 saturated carbocycles. The molecule has 2 aliphatic heterocycles. The van der Waals surface area contributed by atoms with Crippen LogP contribution in [0.2, 0.25) is 0 Å². The number of amides is 2. The van der Waals surface area contributed by atoms with E-state index in [9.17, 15) is 9.59 Å². The fraction of sp³-hybridized carbons (Fsp3) is 0.391. The van der Waals surface area contributed by atoms with Crippen molar-refractivity contribution in [2.45, 2.75) is 25.3 Å². The Morgan fingerprint density at radius 3 is 2.52 bits per heavy atom. The van der Waals surface area contributed by atoms with Gasteiger partial charge in [-0.2, -0.15) is 0 Å². The summed E-state index contributed by atoms with van der Waals surface area (Å²) in [6.45, 7) is 6.66. The second-order valence-corrected chi connectivity index (χ2v) is 7.84. The van der Waals surface area contributed by atoms with Crippen LogP contribution in [-0.2, 0) is 9.59 Å². The Balaban J connectivity index is 1.30. The van der Waals surface area contributed by atoms with Crippen LogP contribution < -0.4 is 15.5 Å². The minimum Gasteiger partial charge on any atom is -0.369 e. The summed E-state index contributed by atoms with van der Waals surface area (Å²) in [6, 6.07) is 18.3. The van der Waals surface area contributed by atoms with Crippen LogP contribution in [0.25, 0.3) is 0 Å². The van der Waals surface area contributed by atoms with Crippen LogP contribution >= 0.6 is 0 Å². The van der Waals surface area contributed by atoms with E-state index in [0.29, 0.717) is 6.54 Å². The van der Waals surface area contributed by atoms with Crippen molar-refractivity contribution < 1.29 is 9.59 Å². The van der Waals surface area contributed by atoms with E-state index in [0.717, 1.165) is 37.4 Å². The maximum Gasteiger partial charge on any atom is 0.228 e. The zero-order chi connectivity index (χ0) is 20.2. The average Bonchev–Trinajstić information content (AvgIpc) is 2.77. The lowest BCUT2D eigenvalue weighted by Gasteiger charge is -2.39. The van der Waals surface area contributed by atoms with Crippen molar-refractivity contribution >= 4 is 23.2 Å². The number of fused-ring (bicyclic) bond motifs is 1. The summed E-state index contributed by atoms with van der Waals surface area (Å²) in [5.74, 6) is -0.585. The number of benzene rings is 2. The Morgan fingerprint density at radius 1 is 1.07 bits per heavy atom. The van der Waals surface area contributed by atoms with Gasteiger partial charge in [0.25, 0.3) is 0 Å². The number of carbonyl (C=O) groups is 2. The lowest BCUT2D eigenvalue weighted by molar-refractivity contribution is -0.126. The highest BCUT2D eigenvalue weighted by atomic mass is 16.2. The molecule has 0 spiro atoms. The third-order valence-electron chi connectivity index (χ3n) is 5.95. The van der Waals surface area contributed by atoms with Gasteiger partial charge in [0.05, 0.1) is 5.92 Å². The SMILES string of the molecule is CC(CNC(=O)C1CC(=O)Nc2ccccc21)N1CCN(c2ccccc2)CC1. The van der Waals surface area contributed by atoms with Crippen LogP contribution in [0.1, 0.15) is 24.8 Å². The molecule has 6 heteroatoms. The minimum absolute atomic E-state index is 0.0675. The molecule has 2 amide bonds. The maximum absolute atomic E-state index is 12.8. The molecule has 152 valence electrons. The molecule has 2 aromatic carbocycles. The Hall–Kier alpha value is -2.86. The highest BCUT2D eigenvalue weighted by Crippen LogP contribution is 2.32. The third kappa shape index (κ3) is 4.43. The lowest BCUT2D eigenvalue weighted by Crippen LogP contribution is -2.52. The second-order valence-electron chi connectivity index (χ2n) is 7.84. The van der Waals surface area contributed by atoms with Crippen molar-refractivity contribution in [3.63, 3.8) is 0 Å². The summed E-state index contributed by atoms with van der Waals surface area (Å²) in [4.78, 5) is 29.6. The smallest absolute Gasteiger partial charge is 0.228 e. The molecule has 29 heavy (non-hydrogen) atoms. The lowest BCUT2D eigenvalue weighted by atomic mass is 9.90. The van der Waals surface area contributed by atoms with Crippen molar-refractivity contribution in [1.82, 2.24) is 10.2 Å². The van der Waals surface area contributed by atoms with Crippen molar-refractivity contribution in [3.8, 4) is 0 Å². The van der Waals surface area contributed by atoms with Gasteiger partial charge in [0.1, 0.15) is 0 Å². The van der Waals surface area contributed by atoms with E-state index in [1.54, 1.807) is 0 Å². The van der Waals surface area contributed by atoms with Gasteiger partial charge in [0.2, 0.25) is 11.8 Å². The number of anilines is 2. The molecule has 0 bridgehead atoms. The molecule has 2 N–H and O–H groups in total. The summed E-state index contributed by atoms with van der Waals surface area (Å²) in [5, 5.41) is 5.93. The molecule has 0 aliphatic carbocycles. The molecule has 1 saturated heterocycles. The second kappa shape index (κ2) is 8.66. The molecule has 2 heterocycles. The molecule has 4 rings (SSSR count). The van der Waals surface area contributed by atoms with E-state index in [4.69, 9.17) is 0 Å². The van der Waals surface area contributed by atoms with Crippen molar-refractivity contribution in [1.29, 1.82) is 0 Å². The van der Waals surface area contributed by atoms with E-state index in [2.05, 4.69) is 51.6 Å². The number of piperazine rings is 1. The zero-order valence-corrected chi connectivity index (χ0v) is 16.8. The molecule has 2 unspecified atom stereocenters. The monoisotopic (exact) mass is 392 g/mol. The predicted molar refractivity (Wildman–Crippen MR) is 115 cm³/mol. The molecular weight excluding hydrogens is 364 g/mol. The third-order valence-corrected chi connectivity index (χ3v) is 5.95. The van der Waals surface area contributed by atoms with Crippen LogP contribution in [-0.4, -0.2) is 55.5 Å². The van der Waals surface area contributed by atoms with Gasteiger partial charge >= 0.3 is 0 Å². The largest absolute Gasteiger partial charge is 0.369 e. The van der Waals surface area contributed by atoms with E-state index in [1.807, 2.05) is 30.3 Å². The van der Waals surface area contributed by atoms with Gasteiger partial charge in [-0.05, 0) is 30.7 Å². The molecular formula is C23H28N4O2. The fourth-order valence-corrected chi connectivity index (χ4v) is 4.21. The summed E-state index contributed by atoms with van der Waals surface area (Å²) >= 11 is 0. The van der Waals surface area contributed by atoms with Gasteiger partial charge in [0, 0.05) is 56.6 Å². The molecule has 0 radical (unpaired) electrons. The summed E-state index contributed by atoms with van der Waals surface area (Å²) in [5.41, 5.74) is 2.91. The molecule has 2 atom stereocenters. The van der Waals surface area contributed by atoms with Crippen LogP contribution in [0.3, 0.4) is 0 Å². The van der Waals surface area contributed by atoms with Crippen molar-refractivity contribution in [3.05, 3.63) is 60.2 Å². The highest BCUT2D eigenvalue weighted by molar-refractivity contribution is 6.01. The van der Waals surface area contributed by atoms with Gasteiger partial charge in [-0.1, -0.05) is 36.4 Å². The van der Waals surface area contributed by atoms with Gasteiger partial charge < -0.3 is 15.5 Å². The first-order valence-electron chi connectivity index (χ1n) is 10.3.